The van der Waals surface area contributed by atoms with Gasteiger partial charge < -0.3 is 4.74 Å². The first kappa shape index (κ1) is 8.06. The van der Waals surface area contributed by atoms with E-state index in [-0.39, 0.29) is 5.60 Å². The van der Waals surface area contributed by atoms with Gasteiger partial charge in [-0.2, -0.15) is 0 Å². The van der Waals surface area contributed by atoms with Crippen molar-refractivity contribution in [3.63, 3.8) is 0 Å². The summed E-state index contributed by atoms with van der Waals surface area (Å²) in [4.78, 5) is 0. The van der Waals surface area contributed by atoms with Gasteiger partial charge >= 0.3 is 0 Å². The van der Waals surface area contributed by atoms with E-state index in [2.05, 4.69) is 20.8 Å². The Labute approximate surface area is 63.8 Å². The van der Waals surface area contributed by atoms with Gasteiger partial charge in [-0.1, -0.05) is 6.42 Å². The fourth-order valence-electron chi connectivity index (χ4n) is 1.59. The van der Waals surface area contributed by atoms with Crippen LogP contribution in [-0.2, 0) is 4.74 Å². The molecule has 1 aliphatic rings. The minimum atomic E-state index is 0.146. The largest absolute Gasteiger partial charge is 0.376 e. The number of rotatable bonds is 3. The molecule has 10 heavy (non-hydrogen) atoms. The van der Waals surface area contributed by atoms with Crippen LogP contribution >= 0.6 is 0 Å². The van der Waals surface area contributed by atoms with Crippen LogP contribution in [0.15, 0.2) is 0 Å². The highest BCUT2D eigenvalue weighted by molar-refractivity contribution is 4.85. The molecule has 1 nitrogen and oxygen atoms in total. The number of hydrogen-bond donors (Lipinski definition) is 0. The van der Waals surface area contributed by atoms with E-state index in [0.717, 1.165) is 12.5 Å². The van der Waals surface area contributed by atoms with Crippen molar-refractivity contribution in [2.24, 2.45) is 5.92 Å². The molecule has 0 unspecified atom stereocenters. The monoisotopic (exact) mass is 142 g/mol. The Morgan fingerprint density at radius 2 is 2.00 bits per heavy atom. The molecule has 1 rings (SSSR count). The van der Waals surface area contributed by atoms with Crippen molar-refractivity contribution in [3.8, 4) is 0 Å². The average molecular weight is 142 g/mol. The van der Waals surface area contributed by atoms with Gasteiger partial charge in [-0.05, 0) is 39.5 Å². The zero-order chi connectivity index (χ0) is 7.61. The molecule has 0 spiro atoms. The van der Waals surface area contributed by atoms with Crippen molar-refractivity contribution in [1.29, 1.82) is 0 Å². The summed E-state index contributed by atoms with van der Waals surface area (Å²) >= 11 is 0. The summed E-state index contributed by atoms with van der Waals surface area (Å²) < 4.78 is 5.63. The lowest BCUT2D eigenvalue weighted by molar-refractivity contribution is -0.0779. The predicted octanol–water partition coefficient (Wildman–Crippen LogP) is 2.60. The maximum Gasteiger partial charge on any atom is 0.0654 e. The molecule has 0 N–H and O–H groups in total. The van der Waals surface area contributed by atoms with E-state index >= 15 is 0 Å². The fourth-order valence-corrected chi connectivity index (χ4v) is 1.59. The van der Waals surface area contributed by atoms with Crippen LogP contribution in [0.3, 0.4) is 0 Å². The third kappa shape index (κ3) is 1.51. The summed E-state index contributed by atoms with van der Waals surface area (Å²) in [6, 6.07) is 0. The molecule has 0 atom stereocenters. The standard InChI is InChI=1S/C9H18O/c1-4-10-9(2,3)8-6-5-7-8/h8H,4-7H2,1-3H3. The molecule has 0 aliphatic heterocycles. The van der Waals surface area contributed by atoms with Crippen LogP contribution < -0.4 is 0 Å². The van der Waals surface area contributed by atoms with E-state index in [1.54, 1.807) is 0 Å². The highest BCUT2D eigenvalue weighted by atomic mass is 16.5. The molecule has 0 aromatic carbocycles. The number of ether oxygens (including phenoxy) is 1. The molecule has 0 aromatic rings. The van der Waals surface area contributed by atoms with Crippen LogP contribution in [0.4, 0.5) is 0 Å². The van der Waals surface area contributed by atoms with Gasteiger partial charge in [0.2, 0.25) is 0 Å². The Bertz CT molecular complexity index is 103. The molecule has 0 bridgehead atoms. The van der Waals surface area contributed by atoms with E-state index in [0.29, 0.717) is 0 Å². The smallest absolute Gasteiger partial charge is 0.0654 e. The Kier molecular flexibility index (Phi) is 2.35. The third-order valence-corrected chi connectivity index (χ3v) is 2.60. The van der Waals surface area contributed by atoms with Crippen molar-refractivity contribution in [2.75, 3.05) is 6.61 Å². The minimum Gasteiger partial charge on any atom is -0.376 e. The molecule has 60 valence electrons. The molecule has 1 heteroatoms. The fraction of sp³-hybridized carbons (Fsp3) is 1.00. The molecule has 1 fully saturated rings. The average Bonchev–Trinajstić information content (AvgIpc) is 1.56. The van der Waals surface area contributed by atoms with Crippen LogP contribution in [0.2, 0.25) is 0 Å². The quantitative estimate of drug-likeness (QED) is 0.588. The molecule has 0 amide bonds. The summed E-state index contributed by atoms with van der Waals surface area (Å²) in [5.74, 6) is 0.826. The summed E-state index contributed by atoms with van der Waals surface area (Å²) in [6.07, 6.45) is 4.14. The van der Waals surface area contributed by atoms with Crippen LogP contribution in [-0.4, -0.2) is 12.2 Å². The van der Waals surface area contributed by atoms with Gasteiger partial charge in [-0.3, -0.25) is 0 Å². The van der Waals surface area contributed by atoms with Gasteiger partial charge in [-0.25, -0.2) is 0 Å². The lowest BCUT2D eigenvalue weighted by Gasteiger charge is -2.39. The van der Waals surface area contributed by atoms with Gasteiger partial charge in [0.1, 0.15) is 0 Å². The Hall–Kier alpha value is -0.0400. The van der Waals surface area contributed by atoms with E-state index in [4.69, 9.17) is 4.74 Å². The predicted molar refractivity (Wildman–Crippen MR) is 43.0 cm³/mol. The molecule has 0 heterocycles. The van der Waals surface area contributed by atoms with Crippen molar-refractivity contribution in [3.05, 3.63) is 0 Å². The Balaban J connectivity index is 2.33. The van der Waals surface area contributed by atoms with E-state index in [1.807, 2.05) is 0 Å². The molecule has 0 radical (unpaired) electrons. The summed E-state index contributed by atoms with van der Waals surface area (Å²) in [5.41, 5.74) is 0.146. The second kappa shape index (κ2) is 2.91. The molecule has 0 aromatic heterocycles. The SMILES string of the molecule is CCOC(C)(C)C1CCC1. The second-order valence-corrected chi connectivity index (χ2v) is 3.66. The molecule has 1 aliphatic carbocycles. The van der Waals surface area contributed by atoms with Crippen LogP contribution in [0.25, 0.3) is 0 Å². The van der Waals surface area contributed by atoms with Crippen LogP contribution in [0, 0.1) is 5.92 Å². The summed E-state index contributed by atoms with van der Waals surface area (Å²) in [5, 5.41) is 0. The third-order valence-electron chi connectivity index (χ3n) is 2.60. The topological polar surface area (TPSA) is 9.23 Å². The first-order valence-electron chi connectivity index (χ1n) is 4.31. The Morgan fingerprint density at radius 1 is 1.40 bits per heavy atom. The van der Waals surface area contributed by atoms with Gasteiger partial charge in [0.25, 0.3) is 0 Å². The van der Waals surface area contributed by atoms with Crippen molar-refractivity contribution in [2.45, 2.75) is 45.6 Å². The van der Waals surface area contributed by atoms with Gasteiger partial charge in [-0.15, -0.1) is 0 Å². The lowest BCUT2D eigenvalue weighted by atomic mass is 9.74. The second-order valence-electron chi connectivity index (χ2n) is 3.66. The van der Waals surface area contributed by atoms with E-state index in [9.17, 15) is 0 Å². The first-order valence-corrected chi connectivity index (χ1v) is 4.31. The maximum absolute atomic E-state index is 5.63. The Morgan fingerprint density at radius 3 is 2.30 bits per heavy atom. The van der Waals surface area contributed by atoms with Crippen molar-refractivity contribution >= 4 is 0 Å². The zero-order valence-corrected chi connectivity index (χ0v) is 7.31. The summed E-state index contributed by atoms with van der Waals surface area (Å²) in [6.45, 7) is 7.34. The lowest BCUT2D eigenvalue weighted by Crippen LogP contribution is -2.38. The molecular formula is C9H18O. The minimum absolute atomic E-state index is 0.146. The van der Waals surface area contributed by atoms with Crippen LogP contribution in [0.5, 0.6) is 0 Å². The van der Waals surface area contributed by atoms with E-state index in [1.165, 1.54) is 19.3 Å². The van der Waals surface area contributed by atoms with Crippen molar-refractivity contribution < 1.29 is 4.74 Å². The van der Waals surface area contributed by atoms with Crippen molar-refractivity contribution in [1.82, 2.24) is 0 Å². The zero-order valence-electron chi connectivity index (χ0n) is 7.31. The highest BCUT2D eigenvalue weighted by Crippen LogP contribution is 2.37. The maximum atomic E-state index is 5.63. The molecular weight excluding hydrogens is 124 g/mol. The van der Waals surface area contributed by atoms with E-state index < -0.39 is 0 Å². The normalized spacial score (nSPS) is 20.7. The van der Waals surface area contributed by atoms with Gasteiger partial charge in [0.15, 0.2) is 0 Å². The van der Waals surface area contributed by atoms with Gasteiger partial charge in [0, 0.05) is 6.61 Å². The number of hydrogen-bond acceptors (Lipinski definition) is 1. The molecule has 1 saturated carbocycles. The van der Waals surface area contributed by atoms with Gasteiger partial charge in [0.05, 0.1) is 5.60 Å². The first-order chi connectivity index (χ1) is 4.67. The highest BCUT2D eigenvalue weighted by Gasteiger charge is 2.33. The molecule has 0 saturated heterocycles. The van der Waals surface area contributed by atoms with Crippen LogP contribution in [0.1, 0.15) is 40.0 Å². The summed E-state index contributed by atoms with van der Waals surface area (Å²) in [7, 11) is 0.